The molecule has 0 unspecified atom stereocenters. The first-order valence-corrected chi connectivity index (χ1v) is 8.05. The smallest absolute Gasteiger partial charge is 0.193 e. The van der Waals surface area contributed by atoms with Gasteiger partial charge in [-0.1, -0.05) is 59.8 Å². The Morgan fingerprint density at radius 2 is 1.41 bits per heavy atom. The van der Waals surface area contributed by atoms with Crippen LogP contribution in [-0.2, 0) is 0 Å². The lowest BCUT2D eigenvalue weighted by Gasteiger charge is -2.04. The summed E-state index contributed by atoms with van der Waals surface area (Å²) in [5.41, 5.74) is 1.40. The van der Waals surface area contributed by atoms with Gasteiger partial charge < -0.3 is 0 Å². The molecular formula is C19H13ClOS. The molecule has 108 valence electrons. The molecular weight excluding hydrogens is 312 g/mol. The third-order valence-corrected chi connectivity index (χ3v) is 4.42. The van der Waals surface area contributed by atoms with Gasteiger partial charge in [-0.25, -0.2) is 0 Å². The Kier molecular flexibility index (Phi) is 4.62. The Hall–Kier alpha value is -2.03. The average Bonchev–Trinajstić information content (AvgIpc) is 2.56. The minimum absolute atomic E-state index is 0.0416. The van der Waals surface area contributed by atoms with Crippen LogP contribution in [0.2, 0.25) is 5.02 Å². The third-order valence-electron chi connectivity index (χ3n) is 3.18. The number of halogens is 1. The van der Waals surface area contributed by atoms with Gasteiger partial charge in [0.1, 0.15) is 0 Å². The number of hydrogen-bond acceptors (Lipinski definition) is 2. The molecule has 0 radical (unpaired) electrons. The van der Waals surface area contributed by atoms with Crippen LogP contribution in [0.15, 0.2) is 88.7 Å². The molecule has 0 atom stereocenters. The maximum Gasteiger partial charge on any atom is 0.193 e. The van der Waals surface area contributed by atoms with Crippen molar-refractivity contribution in [2.24, 2.45) is 0 Å². The Labute approximate surface area is 138 Å². The molecule has 0 heterocycles. The average molecular weight is 325 g/mol. The van der Waals surface area contributed by atoms with Gasteiger partial charge in [0.2, 0.25) is 0 Å². The summed E-state index contributed by atoms with van der Waals surface area (Å²) in [6, 6.07) is 24.7. The van der Waals surface area contributed by atoms with Crippen molar-refractivity contribution in [3.63, 3.8) is 0 Å². The van der Waals surface area contributed by atoms with Crippen molar-refractivity contribution in [2.75, 3.05) is 0 Å². The fourth-order valence-corrected chi connectivity index (χ4v) is 3.23. The van der Waals surface area contributed by atoms with Crippen molar-refractivity contribution in [2.45, 2.75) is 9.79 Å². The summed E-state index contributed by atoms with van der Waals surface area (Å²) < 4.78 is 0. The second kappa shape index (κ2) is 6.82. The van der Waals surface area contributed by atoms with Crippen LogP contribution in [0.1, 0.15) is 15.9 Å². The molecule has 0 aliphatic rings. The van der Waals surface area contributed by atoms with Gasteiger partial charge in [-0.2, -0.15) is 0 Å². The van der Waals surface area contributed by atoms with E-state index in [2.05, 4.69) is 0 Å². The van der Waals surface area contributed by atoms with E-state index >= 15 is 0 Å². The van der Waals surface area contributed by atoms with Gasteiger partial charge in [-0.15, -0.1) is 0 Å². The lowest BCUT2D eigenvalue weighted by molar-refractivity contribution is 0.103. The minimum atomic E-state index is 0.0416. The molecule has 0 aliphatic heterocycles. The Bertz CT molecular complexity index is 782. The standard InChI is InChI=1S/C19H13ClOS/c20-16-7-4-8-18(13-16)22-17-11-9-15(10-12-17)19(21)14-5-2-1-3-6-14/h1-13H. The van der Waals surface area contributed by atoms with Crippen LogP contribution >= 0.6 is 23.4 Å². The van der Waals surface area contributed by atoms with Crippen LogP contribution < -0.4 is 0 Å². The highest BCUT2D eigenvalue weighted by Gasteiger charge is 2.08. The molecule has 1 nitrogen and oxygen atoms in total. The van der Waals surface area contributed by atoms with E-state index < -0.39 is 0 Å². The van der Waals surface area contributed by atoms with Gasteiger partial charge >= 0.3 is 0 Å². The zero-order valence-electron chi connectivity index (χ0n) is 11.7. The number of carbonyl (C=O) groups is 1. The molecule has 0 aliphatic carbocycles. The predicted octanol–water partition coefficient (Wildman–Crippen LogP) is 5.72. The Morgan fingerprint density at radius 1 is 0.727 bits per heavy atom. The van der Waals surface area contributed by atoms with Crippen molar-refractivity contribution >= 4 is 29.1 Å². The van der Waals surface area contributed by atoms with Crippen LogP contribution in [0.3, 0.4) is 0 Å². The number of rotatable bonds is 4. The molecule has 3 heteroatoms. The SMILES string of the molecule is O=C(c1ccccc1)c1ccc(Sc2cccc(Cl)c2)cc1. The molecule has 3 aromatic rings. The lowest BCUT2D eigenvalue weighted by atomic mass is 10.0. The van der Waals surface area contributed by atoms with Crippen LogP contribution in [0.4, 0.5) is 0 Å². The van der Waals surface area contributed by atoms with Crippen LogP contribution in [-0.4, -0.2) is 5.78 Å². The number of benzene rings is 3. The summed E-state index contributed by atoms with van der Waals surface area (Å²) >= 11 is 7.61. The number of hydrogen-bond donors (Lipinski definition) is 0. The minimum Gasteiger partial charge on any atom is -0.289 e. The Balaban J connectivity index is 1.77. The lowest BCUT2D eigenvalue weighted by Crippen LogP contribution is -2.00. The largest absolute Gasteiger partial charge is 0.289 e. The van der Waals surface area contributed by atoms with Gasteiger partial charge in [0.05, 0.1) is 0 Å². The Morgan fingerprint density at radius 3 is 2.09 bits per heavy atom. The quantitative estimate of drug-likeness (QED) is 0.571. The summed E-state index contributed by atoms with van der Waals surface area (Å²) in [4.78, 5) is 14.5. The second-order valence-electron chi connectivity index (χ2n) is 4.78. The summed E-state index contributed by atoms with van der Waals surface area (Å²) in [5, 5.41) is 0.723. The molecule has 3 aromatic carbocycles. The second-order valence-corrected chi connectivity index (χ2v) is 6.36. The van der Waals surface area contributed by atoms with Gasteiger partial charge in [0.25, 0.3) is 0 Å². The molecule has 0 spiro atoms. The molecule has 22 heavy (non-hydrogen) atoms. The first-order valence-electron chi connectivity index (χ1n) is 6.85. The maximum absolute atomic E-state index is 12.3. The first-order chi connectivity index (χ1) is 10.7. The van der Waals surface area contributed by atoms with Crippen molar-refractivity contribution in [3.8, 4) is 0 Å². The molecule has 0 fully saturated rings. The summed E-state index contributed by atoms with van der Waals surface area (Å²) in [6.45, 7) is 0. The molecule has 0 saturated heterocycles. The van der Waals surface area contributed by atoms with Crippen LogP contribution in [0.25, 0.3) is 0 Å². The summed E-state index contributed by atoms with van der Waals surface area (Å²) in [7, 11) is 0. The van der Waals surface area contributed by atoms with Gasteiger partial charge in [-0.05, 0) is 42.5 Å². The van der Waals surface area contributed by atoms with Gasteiger partial charge in [-0.3, -0.25) is 4.79 Å². The van der Waals surface area contributed by atoms with Crippen molar-refractivity contribution in [1.29, 1.82) is 0 Å². The fraction of sp³-hybridized carbons (Fsp3) is 0. The van der Waals surface area contributed by atoms with Crippen molar-refractivity contribution in [1.82, 2.24) is 0 Å². The number of carbonyl (C=O) groups excluding carboxylic acids is 1. The summed E-state index contributed by atoms with van der Waals surface area (Å²) in [5.74, 6) is 0.0416. The van der Waals surface area contributed by atoms with Gasteiger partial charge in [0, 0.05) is 25.9 Å². The molecule has 0 bridgehead atoms. The van der Waals surface area contributed by atoms with Crippen molar-refractivity contribution in [3.05, 3.63) is 95.0 Å². The monoisotopic (exact) mass is 324 g/mol. The van der Waals surface area contributed by atoms with E-state index in [-0.39, 0.29) is 5.78 Å². The highest BCUT2D eigenvalue weighted by Crippen LogP contribution is 2.29. The molecule has 0 amide bonds. The van der Waals surface area contributed by atoms with Crippen LogP contribution in [0.5, 0.6) is 0 Å². The summed E-state index contributed by atoms with van der Waals surface area (Å²) in [6.07, 6.45) is 0. The van der Waals surface area contributed by atoms with Gasteiger partial charge in [0.15, 0.2) is 5.78 Å². The molecule has 3 rings (SSSR count). The van der Waals surface area contributed by atoms with E-state index in [1.165, 1.54) is 0 Å². The van der Waals surface area contributed by atoms with Crippen molar-refractivity contribution < 1.29 is 4.79 Å². The molecule has 0 N–H and O–H groups in total. The van der Waals surface area contributed by atoms with E-state index in [0.29, 0.717) is 11.1 Å². The first kappa shape index (κ1) is 14.9. The molecule has 0 aromatic heterocycles. The van der Waals surface area contributed by atoms with Crippen LogP contribution in [0, 0.1) is 0 Å². The topological polar surface area (TPSA) is 17.1 Å². The zero-order valence-corrected chi connectivity index (χ0v) is 13.3. The van der Waals surface area contributed by atoms with E-state index in [9.17, 15) is 4.79 Å². The number of ketones is 1. The third kappa shape index (κ3) is 3.59. The molecule has 0 saturated carbocycles. The van der Waals surface area contributed by atoms with E-state index in [1.807, 2.05) is 78.9 Å². The highest BCUT2D eigenvalue weighted by atomic mass is 35.5. The maximum atomic E-state index is 12.3. The predicted molar refractivity (Wildman–Crippen MR) is 91.9 cm³/mol. The highest BCUT2D eigenvalue weighted by molar-refractivity contribution is 7.99. The normalized spacial score (nSPS) is 10.4. The van der Waals surface area contributed by atoms with E-state index in [4.69, 9.17) is 11.6 Å². The van der Waals surface area contributed by atoms with E-state index in [0.717, 1.165) is 14.8 Å². The zero-order chi connectivity index (χ0) is 15.4. The fourth-order valence-electron chi connectivity index (χ4n) is 2.10. The van der Waals surface area contributed by atoms with E-state index in [1.54, 1.807) is 11.8 Å².